The van der Waals surface area contributed by atoms with E-state index in [4.69, 9.17) is 0 Å². The first-order valence-corrected chi connectivity index (χ1v) is 5.00. The highest BCUT2D eigenvalue weighted by Crippen LogP contribution is 2.13. The predicted octanol–water partition coefficient (Wildman–Crippen LogP) is -0.121. The molecule has 0 bridgehead atoms. The zero-order chi connectivity index (χ0) is 13.7. The Hall–Kier alpha value is -2.44. The maximum atomic E-state index is 11.4. The van der Waals surface area contributed by atoms with Crippen LogP contribution < -0.4 is 0 Å². The second-order valence-corrected chi connectivity index (χ2v) is 3.38. The average Bonchev–Trinajstić information content (AvgIpc) is 2.66. The van der Waals surface area contributed by atoms with Crippen molar-refractivity contribution in [3.63, 3.8) is 0 Å². The molecule has 2 amide bonds. The monoisotopic (exact) mass is 253 g/mol. The van der Waals surface area contributed by atoms with E-state index >= 15 is 0 Å². The maximum Gasteiger partial charge on any atom is 0.362 e. The van der Waals surface area contributed by atoms with Crippen molar-refractivity contribution >= 4 is 23.8 Å². The van der Waals surface area contributed by atoms with Crippen molar-refractivity contribution in [2.45, 2.75) is 12.8 Å². The second kappa shape index (κ2) is 5.76. The molecule has 1 aliphatic rings. The number of hydrogen-bond donors (Lipinski definition) is 0. The Bertz CT molecular complexity index is 423. The van der Waals surface area contributed by atoms with E-state index in [9.17, 15) is 19.2 Å². The van der Waals surface area contributed by atoms with E-state index in [1.165, 1.54) is 0 Å². The smallest absolute Gasteiger partial charge is 0.362 e. The molecule has 0 radical (unpaired) electrons. The van der Waals surface area contributed by atoms with Gasteiger partial charge in [0.1, 0.15) is 6.61 Å². The first-order chi connectivity index (χ1) is 8.45. The lowest BCUT2D eigenvalue weighted by Crippen LogP contribution is -2.33. The Kier molecular flexibility index (Phi) is 4.36. The summed E-state index contributed by atoms with van der Waals surface area (Å²) < 4.78 is 4.55. The van der Waals surface area contributed by atoms with E-state index in [0.29, 0.717) is 5.06 Å². The summed E-state index contributed by atoms with van der Waals surface area (Å²) in [7, 11) is 0. The molecule has 18 heavy (non-hydrogen) atoms. The van der Waals surface area contributed by atoms with Gasteiger partial charge in [-0.25, -0.2) is 9.59 Å². The van der Waals surface area contributed by atoms with E-state index in [-0.39, 0.29) is 18.4 Å². The molecule has 0 aromatic carbocycles. The average molecular weight is 253 g/mol. The van der Waals surface area contributed by atoms with Gasteiger partial charge in [-0.05, 0) is 0 Å². The molecule has 0 N–H and O–H groups in total. The van der Waals surface area contributed by atoms with Crippen molar-refractivity contribution < 1.29 is 28.8 Å². The van der Waals surface area contributed by atoms with Gasteiger partial charge in [0, 0.05) is 18.9 Å². The third-order valence-electron chi connectivity index (χ3n) is 2.02. The molecule has 1 fully saturated rings. The van der Waals surface area contributed by atoms with Crippen LogP contribution >= 0.6 is 0 Å². The molecule has 0 saturated carbocycles. The summed E-state index contributed by atoms with van der Waals surface area (Å²) in [6, 6.07) is 0. The molecule has 0 aromatic rings. The van der Waals surface area contributed by atoms with Gasteiger partial charge in [0.2, 0.25) is 0 Å². The van der Waals surface area contributed by atoms with Crippen LogP contribution in [0.5, 0.6) is 0 Å². The molecule has 0 spiro atoms. The molecule has 1 rings (SSSR count). The van der Waals surface area contributed by atoms with Gasteiger partial charge in [0.15, 0.2) is 0 Å². The fourth-order valence-electron chi connectivity index (χ4n) is 1.08. The molecule has 7 heteroatoms. The third kappa shape index (κ3) is 3.27. The normalized spacial score (nSPS) is 14.3. The van der Waals surface area contributed by atoms with Gasteiger partial charge in [-0.15, -0.1) is 5.06 Å². The molecule has 0 aromatic heterocycles. The van der Waals surface area contributed by atoms with Gasteiger partial charge in [0.25, 0.3) is 11.8 Å². The summed E-state index contributed by atoms with van der Waals surface area (Å²) >= 11 is 0. The minimum absolute atomic E-state index is 0.00401. The standard InChI is InChI=1S/C11H11NO6/c1-3-10(15)17-6-7(2)11(16)18-12-8(13)4-5-9(12)14/h3H,1-2,4-6H2. The van der Waals surface area contributed by atoms with Crippen LogP contribution in [0.1, 0.15) is 12.8 Å². The molecule has 0 atom stereocenters. The van der Waals surface area contributed by atoms with Crippen LogP contribution in [0.2, 0.25) is 0 Å². The van der Waals surface area contributed by atoms with Crippen LogP contribution in [0.25, 0.3) is 0 Å². The number of carbonyl (C=O) groups is 4. The zero-order valence-corrected chi connectivity index (χ0v) is 9.51. The zero-order valence-electron chi connectivity index (χ0n) is 9.51. The van der Waals surface area contributed by atoms with Crippen LogP contribution in [-0.4, -0.2) is 35.4 Å². The Labute approximate surface area is 103 Å². The van der Waals surface area contributed by atoms with Crippen molar-refractivity contribution in [1.29, 1.82) is 0 Å². The molecule has 1 saturated heterocycles. The van der Waals surface area contributed by atoms with Gasteiger partial charge < -0.3 is 9.57 Å². The van der Waals surface area contributed by atoms with Crippen molar-refractivity contribution in [1.82, 2.24) is 5.06 Å². The number of hydroxylamine groups is 2. The topological polar surface area (TPSA) is 90.0 Å². The number of imide groups is 1. The van der Waals surface area contributed by atoms with Crippen molar-refractivity contribution in [2.75, 3.05) is 6.61 Å². The van der Waals surface area contributed by atoms with Crippen molar-refractivity contribution in [3.8, 4) is 0 Å². The number of nitrogens with zero attached hydrogens (tertiary/aromatic N) is 1. The van der Waals surface area contributed by atoms with Gasteiger partial charge in [-0.1, -0.05) is 13.2 Å². The Morgan fingerprint density at radius 1 is 1.28 bits per heavy atom. The lowest BCUT2D eigenvalue weighted by Gasteiger charge is -2.13. The Morgan fingerprint density at radius 2 is 1.83 bits per heavy atom. The molecule has 0 aliphatic carbocycles. The first kappa shape index (κ1) is 13.6. The van der Waals surface area contributed by atoms with Crippen molar-refractivity contribution in [3.05, 3.63) is 24.8 Å². The fourth-order valence-corrected chi connectivity index (χ4v) is 1.08. The molecule has 7 nitrogen and oxygen atoms in total. The lowest BCUT2D eigenvalue weighted by molar-refractivity contribution is -0.194. The largest absolute Gasteiger partial charge is 0.457 e. The van der Waals surface area contributed by atoms with E-state index < -0.39 is 30.4 Å². The van der Waals surface area contributed by atoms with Gasteiger partial charge in [0.05, 0.1) is 5.57 Å². The first-order valence-electron chi connectivity index (χ1n) is 5.00. The minimum atomic E-state index is -1.00. The molecule has 1 aliphatic heterocycles. The number of ether oxygens (including phenoxy) is 1. The number of amides is 2. The van der Waals surface area contributed by atoms with Crippen LogP contribution in [0.3, 0.4) is 0 Å². The molecule has 96 valence electrons. The number of esters is 1. The number of rotatable bonds is 5. The number of hydrogen-bond acceptors (Lipinski definition) is 6. The van der Waals surface area contributed by atoms with Crippen LogP contribution in [0.4, 0.5) is 0 Å². The SMILES string of the molecule is C=CC(=O)OCC(=C)C(=O)ON1C(=O)CCC1=O. The summed E-state index contributed by atoms with van der Waals surface area (Å²) in [5.74, 6) is -2.92. The minimum Gasteiger partial charge on any atom is -0.457 e. The molecule has 0 unspecified atom stereocenters. The highest BCUT2D eigenvalue weighted by atomic mass is 16.7. The summed E-state index contributed by atoms with van der Waals surface area (Å²) in [5, 5.41) is 0.392. The quantitative estimate of drug-likeness (QED) is 0.385. The maximum absolute atomic E-state index is 11.4. The van der Waals surface area contributed by atoms with E-state index in [1.807, 2.05) is 0 Å². The predicted molar refractivity (Wildman–Crippen MR) is 57.5 cm³/mol. The van der Waals surface area contributed by atoms with E-state index in [0.717, 1.165) is 6.08 Å². The molecular weight excluding hydrogens is 242 g/mol. The van der Waals surface area contributed by atoms with Crippen LogP contribution in [0.15, 0.2) is 24.8 Å². The third-order valence-corrected chi connectivity index (χ3v) is 2.02. The van der Waals surface area contributed by atoms with Crippen LogP contribution in [0, 0.1) is 0 Å². The van der Waals surface area contributed by atoms with Crippen LogP contribution in [-0.2, 0) is 28.8 Å². The second-order valence-electron chi connectivity index (χ2n) is 3.38. The highest BCUT2D eigenvalue weighted by Gasteiger charge is 2.33. The number of carbonyl (C=O) groups excluding carboxylic acids is 4. The van der Waals surface area contributed by atoms with E-state index in [2.05, 4.69) is 22.7 Å². The van der Waals surface area contributed by atoms with E-state index in [1.54, 1.807) is 0 Å². The van der Waals surface area contributed by atoms with Crippen molar-refractivity contribution in [2.24, 2.45) is 0 Å². The highest BCUT2D eigenvalue weighted by molar-refractivity contribution is 6.02. The van der Waals surface area contributed by atoms with Gasteiger partial charge in [-0.3, -0.25) is 9.59 Å². The van der Waals surface area contributed by atoms with Gasteiger partial charge >= 0.3 is 11.9 Å². The summed E-state index contributed by atoms with van der Waals surface area (Å²) in [6.07, 6.45) is 0.931. The summed E-state index contributed by atoms with van der Waals surface area (Å²) in [5.41, 5.74) is -0.197. The Balaban J connectivity index is 2.47. The summed E-state index contributed by atoms with van der Waals surface area (Å²) in [6.45, 7) is 6.08. The lowest BCUT2D eigenvalue weighted by atomic mass is 10.3. The molecule has 1 heterocycles. The Morgan fingerprint density at radius 3 is 2.33 bits per heavy atom. The van der Waals surface area contributed by atoms with Gasteiger partial charge in [-0.2, -0.15) is 0 Å². The fraction of sp³-hybridized carbons (Fsp3) is 0.273. The summed E-state index contributed by atoms with van der Waals surface area (Å²) in [4.78, 5) is 49.0. The molecular formula is C11H11NO6.